The smallest absolute Gasteiger partial charge is 0.247 e. The fraction of sp³-hybridized carbons (Fsp3) is 0.647. The van der Waals surface area contributed by atoms with Crippen LogP contribution in [0.25, 0.3) is 6.08 Å². The molecule has 1 aliphatic heterocycles. The monoisotopic (exact) mass is 287 g/mol. The Morgan fingerprint density at radius 2 is 2.00 bits per heavy atom. The maximum Gasteiger partial charge on any atom is 0.247 e. The number of imidazole rings is 1. The number of nitrogens with zero attached hydrogens (tertiary/aromatic N) is 2. The van der Waals surface area contributed by atoms with E-state index in [-0.39, 0.29) is 5.91 Å². The number of hydrogen-bond donors (Lipinski definition) is 1. The molecular formula is C17H25N3O. The first-order valence-corrected chi connectivity index (χ1v) is 8.14. The highest BCUT2D eigenvalue weighted by molar-refractivity contribution is 5.98. The fourth-order valence-electron chi connectivity index (χ4n) is 3.39. The standard InChI is InChI=1S/C17H25N3O/c1-12-3-5-16(6-4-12)20-10-15(19-11-20)8-14-7-13(2)9-18-17(14)21/h8,10-13,16H,3-7,9H2,1-2H3,(H,18,21)/t12?,13-,16?/m0/s1. The van der Waals surface area contributed by atoms with Crippen molar-refractivity contribution in [1.29, 1.82) is 0 Å². The van der Waals surface area contributed by atoms with E-state index in [2.05, 4.69) is 34.9 Å². The zero-order valence-corrected chi connectivity index (χ0v) is 13.0. The van der Waals surface area contributed by atoms with Crippen LogP contribution in [0.2, 0.25) is 0 Å². The summed E-state index contributed by atoms with van der Waals surface area (Å²) in [4.78, 5) is 16.3. The molecule has 1 aromatic rings. The third kappa shape index (κ3) is 3.36. The van der Waals surface area contributed by atoms with E-state index >= 15 is 0 Å². The largest absolute Gasteiger partial charge is 0.352 e. The van der Waals surface area contributed by atoms with Gasteiger partial charge in [0.15, 0.2) is 0 Å². The van der Waals surface area contributed by atoms with Gasteiger partial charge < -0.3 is 9.88 Å². The van der Waals surface area contributed by atoms with E-state index in [4.69, 9.17) is 0 Å². The van der Waals surface area contributed by atoms with Crippen molar-refractivity contribution in [3.05, 3.63) is 23.8 Å². The lowest BCUT2D eigenvalue weighted by atomic mass is 9.87. The van der Waals surface area contributed by atoms with Gasteiger partial charge in [-0.1, -0.05) is 13.8 Å². The second-order valence-corrected chi connectivity index (χ2v) is 6.85. The maximum absolute atomic E-state index is 11.9. The lowest BCUT2D eigenvalue weighted by Crippen LogP contribution is -2.35. The van der Waals surface area contributed by atoms with E-state index in [1.54, 1.807) is 0 Å². The third-order valence-electron chi connectivity index (χ3n) is 4.82. The van der Waals surface area contributed by atoms with Gasteiger partial charge in [0.2, 0.25) is 5.91 Å². The van der Waals surface area contributed by atoms with Crippen molar-refractivity contribution >= 4 is 12.0 Å². The first kappa shape index (κ1) is 14.4. The summed E-state index contributed by atoms with van der Waals surface area (Å²) in [5.74, 6) is 1.43. The molecule has 1 atom stereocenters. The van der Waals surface area contributed by atoms with E-state index in [1.807, 2.05) is 12.4 Å². The van der Waals surface area contributed by atoms with Crippen LogP contribution in [0, 0.1) is 11.8 Å². The molecule has 1 saturated heterocycles. The van der Waals surface area contributed by atoms with Crippen LogP contribution in [0.4, 0.5) is 0 Å². The van der Waals surface area contributed by atoms with Crippen LogP contribution in [0.15, 0.2) is 18.1 Å². The van der Waals surface area contributed by atoms with Crippen molar-refractivity contribution < 1.29 is 4.79 Å². The van der Waals surface area contributed by atoms with Crippen LogP contribution in [0.1, 0.15) is 57.7 Å². The highest BCUT2D eigenvalue weighted by Crippen LogP contribution is 2.32. The van der Waals surface area contributed by atoms with Gasteiger partial charge in [0.05, 0.1) is 12.0 Å². The second kappa shape index (κ2) is 6.04. The molecule has 0 unspecified atom stereocenters. The molecule has 1 saturated carbocycles. The Balaban J connectivity index is 1.71. The summed E-state index contributed by atoms with van der Waals surface area (Å²) in [5.41, 5.74) is 1.77. The van der Waals surface area contributed by atoms with Gasteiger partial charge >= 0.3 is 0 Å². The van der Waals surface area contributed by atoms with Gasteiger partial charge in [-0.25, -0.2) is 4.98 Å². The third-order valence-corrected chi connectivity index (χ3v) is 4.82. The van der Waals surface area contributed by atoms with Gasteiger partial charge in [0, 0.05) is 24.4 Å². The molecule has 0 bridgehead atoms. The summed E-state index contributed by atoms with van der Waals surface area (Å²) in [7, 11) is 0. The van der Waals surface area contributed by atoms with Crippen LogP contribution in [-0.4, -0.2) is 22.0 Å². The summed E-state index contributed by atoms with van der Waals surface area (Å²) in [6.45, 7) is 5.28. The average molecular weight is 287 g/mol. The second-order valence-electron chi connectivity index (χ2n) is 6.85. The molecule has 2 aliphatic rings. The normalized spacial score (nSPS) is 32.2. The Morgan fingerprint density at radius 3 is 2.76 bits per heavy atom. The summed E-state index contributed by atoms with van der Waals surface area (Å²) < 4.78 is 2.24. The van der Waals surface area contributed by atoms with E-state index < -0.39 is 0 Å². The highest BCUT2D eigenvalue weighted by Gasteiger charge is 2.21. The number of carbonyl (C=O) groups is 1. The van der Waals surface area contributed by atoms with Crippen molar-refractivity contribution in [2.75, 3.05) is 6.54 Å². The Bertz CT molecular complexity index is 538. The van der Waals surface area contributed by atoms with Gasteiger partial charge in [-0.05, 0) is 50.0 Å². The number of amides is 1. The zero-order valence-electron chi connectivity index (χ0n) is 13.0. The van der Waals surface area contributed by atoms with Crippen LogP contribution in [-0.2, 0) is 4.79 Å². The highest BCUT2D eigenvalue weighted by atomic mass is 16.1. The van der Waals surface area contributed by atoms with E-state index in [9.17, 15) is 4.79 Å². The van der Waals surface area contributed by atoms with Crippen LogP contribution < -0.4 is 5.32 Å². The first-order valence-electron chi connectivity index (χ1n) is 8.14. The van der Waals surface area contributed by atoms with Crippen molar-refractivity contribution in [3.8, 4) is 0 Å². The predicted molar refractivity (Wildman–Crippen MR) is 83.7 cm³/mol. The first-order chi connectivity index (χ1) is 10.1. The molecule has 21 heavy (non-hydrogen) atoms. The Morgan fingerprint density at radius 1 is 1.24 bits per heavy atom. The molecule has 4 nitrogen and oxygen atoms in total. The number of rotatable bonds is 2. The van der Waals surface area contributed by atoms with E-state index in [0.717, 1.165) is 30.2 Å². The molecule has 0 radical (unpaired) electrons. The van der Waals surface area contributed by atoms with Gasteiger partial charge in [-0.2, -0.15) is 0 Å². The molecule has 2 heterocycles. The molecule has 4 heteroatoms. The summed E-state index contributed by atoms with van der Waals surface area (Å²) in [6.07, 6.45) is 11.9. The predicted octanol–water partition coefficient (Wildman–Crippen LogP) is 3.17. The maximum atomic E-state index is 11.9. The molecule has 3 rings (SSSR count). The molecule has 2 fully saturated rings. The summed E-state index contributed by atoms with van der Waals surface area (Å²) in [6, 6.07) is 0.583. The minimum absolute atomic E-state index is 0.0640. The van der Waals surface area contributed by atoms with Crippen molar-refractivity contribution in [2.24, 2.45) is 11.8 Å². The fourth-order valence-corrected chi connectivity index (χ4v) is 3.39. The molecular weight excluding hydrogens is 262 g/mol. The topological polar surface area (TPSA) is 46.9 Å². The van der Waals surface area contributed by atoms with Crippen molar-refractivity contribution in [1.82, 2.24) is 14.9 Å². The van der Waals surface area contributed by atoms with Crippen LogP contribution in [0.5, 0.6) is 0 Å². The zero-order chi connectivity index (χ0) is 14.8. The average Bonchev–Trinajstić information content (AvgIpc) is 2.92. The summed E-state index contributed by atoms with van der Waals surface area (Å²) >= 11 is 0. The minimum Gasteiger partial charge on any atom is -0.352 e. The van der Waals surface area contributed by atoms with Gasteiger partial charge in [0.25, 0.3) is 0 Å². The SMILES string of the molecule is CC1CCC(n2cnc(C=C3C[C@H](C)CNC3=O)c2)CC1. The lowest BCUT2D eigenvalue weighted by Gasteiger charge is -2.26. The molecule has 1 aliphatic carbocycles. The quantitative estimate of drug-likeness (QED) is 0.849. The molecule has 1 N–H and O–H groups in total. The van der Waals surface area contributed by atoms with E-state index in [1.165, 1.54) is 25.7 Å². The van der Waals surface area contributed by atoms with Crippen molar-refractivity contribution in [3.63, 3.8) is 0 Å². The van der Waals surface area contributed by atoms with Gasteiger partial charge in [0.1, 0.15) is 0 Å². The van der Waals surface area contributed by atoms with Gasteiger partial charge in [-0.15, -0.1) is 0 Å². The Kier molecular flexibility index (Phi) is 4.13. The number of piperidine rings is 1. The van der Waals surface area contributed by atoms with Gasteiger partial charge in [-0.3, -0.25) is 4.79 Å². The molecule has 114 valence electrons. The molecule has 0 spiro atoms. The van der Waals surface area contributed by atoms with E-state index in [0.29, 0.717) is 12.0 Å². The Hall–Kier alpha value is -1.58. The van der Waals surface area contributed by atoms with Crippen LogP contribution in [0.3, 0.4) is 0 Å². The molecule has 0 aromatic carbocycles. The van der Waals surface area contributed by atoms with Crippen molar-refractivity contribution in [2.45, 2.75) is 52.0 Å². The van der Waals surface area contributed by atoms with Crippen LogP contribution >= 0.6 is 0 Å². The lowest BCUT2D eigenvalue weighted by molar-refractivity contribution is -0.118. The number of nitrogens with one attached hydrogen (secondary N) is 1. The summed E-state index contributed by atoms with van der Waals surface area (Å²) in [5, 5.41) is 2.94. The number of hydrogen-bond acceptors (Lipinski definition) is 2. The Labute approximate surface area is 126 Å². The molecule has 1 amide bonds. The molecule has 1 aromatic heterocycles. The number of carbonyl (C=O) groups excluding carboxylic acids is 1. The minimum atomic E-state index is 0.0640. The number of aromatic nitrogens is 2.